The molecule has 0 spiro atoms. The molecule has 0 aliphatic rings. The highest BCUT2D eigenvalue weighted by atomic mass is 16.4. The van der Waals surface area contributed by atoms with E-state index < -0.39 is 0 Å². The molecule has 0 aliphatic carbocycles. The van der Waals surface area contributed by atoms with Gasteiger partial charge in [0.15, 0.2) is 0 Å². The molecule has 0 aromatic carbocycles. The molecule has 18 heavy (non-hydrogen) atoms. The van der Waals surface area contributed by atoms with E-state index >= 15 is 0 Å². The summed E-state index contributed by atoms with van der Waals surface area (Å²) in [6.45, 7) is 2.68. The van der Waals surface area contributed by atoms with Crippen LogP contribution in [0.3, 0.4) is 0 Å². The SMILES string of the molecule is CNC(C)c1nnc(N(C)Cc2ccncc2)o1. The number of rotatable bonds is 5. The highest BCUT2D eigenvalue weighted by Crippen LogP contribution is 2.17. The zero-order chi connectivity index (χ0) is 13.0. The van der Waals surface area contributed by atoms with E-state index in [4.69, 9.17) is 4.42 Å². The van der Waals surface area contributed by atoms with Gasteiger partial charge in [0.2, 0.25) is 5.89 Å². The van der Waals surface area contributed by atoms with Crippen molar-refractivity contribution in [2.75, 3.05) is 19.0 Å². The maximum Gasteiger partial charge on any atom is 0.318 e. The molecule has 6 nitrogen and oxygen atoms in total. The lowest BCUT2D eigenvalue weighted by Gasteiger charge is -2.13. The summed E-state index contributed by atoms with van der Waals surface area (Å²) < 4.78 is 5.60. The Kier molecular flexibility index (Phi) is 3.88. The Bertz CT molecular complexity index is 484. The van der Waals surface area contributed by atoms with Crippen molar-refractivity contribution in [1.29, 1.82) is 0 Å². The third-order valence-electron chi connectivity index (χ3n) is 2.73. The van der Waals surface area contributed by atoms with Gasteiger partial charge in [0, 0.05) is 26.0 Å². The summed E-state index contributed by atoms with van der Waals surface area (Å²) in [5.41, 5.74) is 1.15. The summed E-state index contributed by atoms with van der Waals surface area (Å²) in [4.78, 5) is 5.90. The normalized spacial score (nSPS) is 12.4. The Hall–Kier alpha value is -1.95. The van der Waals surface area contributed by atoms with Gasteiger partial charge in [-0.25, -0.2) is 0 Å². The molecule has 2 aromatic heterocycles. The van der Waals surface area contributed by atoms with Gasteiger partial charge in [0.1, 0.15) is 0 Å². The highest BCUT2D eigenvalue weighted by Gasteiger charge is 2.14. The molecule has 0 bridgehead atoms. The van der Waals surface area contributed by atoms with E-state index in [0.29, 0.717) is 18.5 Å². The number of nitrogens with one attached hydrogen (secondary N) is 1. The Balaban J connectivity index is 2.05. The van der Waals surface area contributed by atoms with Gasteiger partial charge in [-0.3, -0.25) is 4.98 Å². The van der Waals surface area contributed by atoms with Crippen molar-refractivity contribution in [3.8, 4) is 0 Å². The van der Waals surface area contributed by atoms with Crippen molar-refractivity contribution < 1.29 is 4.42 Å². The number of pyridine rings is 1. The molecular weight excluding hydrogens is 230 g/mol. The molecule has 96 valence electrons. The maximum atomic E-state index is 5.60. The predicted octanol–water partition coefficient (Wildman–Crippen LogP) is 1.38. The molecule has 2 rings (SSSR count). The molecule has 0 saturated carbocycles. The van der Waals surface area contributed by atoms with Gasteiger partial charge < -0.3 is 14.6 Å². The highest BCUT2D eigenvalue weighted by molar-refractivity contribution is 5.26. The van der Waals surface area contributed by atoms with Gasteiger partial charge in [-0.1, -0.05) is 5.10 Å². The first-order valence-electron chi connectivity index (χ1n) is 5.81. The lowest BCUT2D eigenvalue weighted by Crippen LogP contribution is -2.16. The third kappa shape index (κ3) is 2.84. The van der Waals surface area contributed by atoms with Crippen LogP contribution < -0.4 is 10.2 Å². The van der Waals surface area contributed by atoms with Gasteiger partial charge in [0.05, 0.1) is 6.04 Å². The van der Waals surface area contributed by atoms with Gasteiger partial charge in [-0.05, 0) is 31.7 Å². The van der Waals surface area contributed by atoms with Crippen LogP contribution >= 0.6 is 0 Å². The summed E-state index contributed by atoms with van der Waals surface area (Å²) in [6.07, 6.45) is 3.54. The topological polar surface area (TPSA) is 67.1 Å². The molecule has 0 amide bonds. The molecule has 2 heterocycles. The first kappa shape index (κ1) is 12.5. The van der Waals surface area contributed by atoms with Crippen LogP contribution in [-0.2, 0) is 6.54 Å². The maximum absolute atomic E-state index is 5.60. The second-order valence-corrected chi connectivity index (χ2v) is 4.14. The smallest absolute Gasteiger partial charge is 0.318 e. The zero-order valence-electron chi connectivity index (χ0n) is 10.8. The van der Waals surface area contributed by atoms with Gasteiger partial charge in [-0.15, -0.1) is 5.10 Å². The molecule has 1 N–H and O–H groups in total. The van der Waals surface area contributed by atoms with Crippen LogP contribution in [0.2, 0.25) is 0 Å². The Morgan fingerprint density at radius 3 is 2.72 bits per heavy atom. The van der Waals surface area contributed by atoms with Crippen LogP contribution in [0, 0.1) is 0 Å². The van der Waals surface area contributed by atoms with E-state index in [9.17, 15) is 0 Å². The molecule has 2 aromatic rings. The van der Waals surface area contributed by atoms with Gasteiger partial charge >= 0.3 is 6.01 Å². The van der Waals surface area contributed by atoms with Crippen molar-refractivity contribution in [1.82, 2.24) is 20.5 Å². The van der Waals surface area contributed by atoms with Crippen LogP contribution in [-0.4, -0.2) is 29.3 Å². The van der Waals surface area contributed by atoms with E-state index in [-0.39, 0.29) is 6.04 Å². The average molecular weight is 247 g/mol. The quantitative estimate of drug-likeness (QED) is 0.861. The van der Waals surface area contributed by atoms with Crippen LogP contribution in [0.4, 0.5) is 6.01 Å². The first-order valence-corrected chi connectivity index (χ1v) is 5.81. The number of anilines is 1. The minimum atomic E-state index is 0.0561. The number of hydrogen-bond donors (Lipinski definition) is 1. The predicted molar refractivity (Wildman–Crippen MR) is 68.1 cm³/mol. The molecule has 0 fully saturated rings. The summed E-state index contributed by atoms with van der Waals surface area (Å²) in [7, 11) is 3.77. The third-order valence-corrected chi connectivity index (χ3v) is 2.73. The van der Waals surface area contributed by atoms with Gasteiger partial charge in [-0.2, -0.15) is 0 Å². The monoisotopic (exact) mass is 247 g/mol. The molecule has 0 saturated heterocycles. The van der Waals surface area contributed by atoms with Crippen LogP contribution in [0.25, 0.3) is 0 Å². The molecule has 0 aliphatic heterocycles. The summed E-state index contributed by atoms with van der Waals surface area (Å²) in [6, 6.07) is 4.50. The number of nitrogens with zero attached hydrogens (tertiary/aromatic N) is 4. The van der Waals surface area contributed by atoms with Crippen LogP contribution in [0.5, 0.6) is 0 Å². The van der Waals surface area contributed by atoms with E-state index in [0.717, 1.165) is 5.56 Å². The molecule has 1 unspecified atom stereocenters. The average Bonchev–Trinajstić information content (AvgIpc) is 2.88. The lowest BCUT2D eigenvalue weighted by molar-refractivity contribution is 0.432. The Morgan fingerprint density at radius 1 is 1.33 bits per heavy atom. The standard InChI is InChI=1S/C12H17N5O/c1-9(13-2)11-15-16-12(18-11)17(3)8-10-4-6-14-7-5-10/h4-7,9,13H,8H2,1-3H3. The van der Waals surface area contributed by atoms with E-state index in [1.807, 2.05) is 38.1 Å². The fraction of sp³-hybridized carbons (Fsp3) is 0.417. The van der Waals surface area contributed by atoms with Crippen LogP contribution in [0.1, 0.15) is 24.4 Å². The molecule has 0 radical (unpaired) electrons. The van der Waals surface area contributed by atoms with E-state index in [1.165, 1.54) is 0 Å². The van der Waals surface area contributed by atoms with Crippen molar-refractivity contribution >= 4 is 6.01 Å². The Morgan fingerprint density at radius 2 is 2.06 bits per heavy atom. The van der Waals surface area contributed by atoms with Gasteiger partial charge in [0.25, 0.3) is 0 Å². The minimum Gasteiger partial charge on any atom is -0.406 e. The second kappa shape index (κ2) is 5.59. The fourth-order valence-electron chi connectivity index (χ4n) is 1.51. The molecular formula is C12H17N5O. The van der Waals surface area contributed by atoms with E-state index in [2.05, 4.69) is 20.5 Å². The molecule has 1 atom stereocenters. The van der Waals surface area contributed by atoms with Crippen molar-refractivity contribution in [3.05, 3.63) is 36.0 Å². The fourth-order valence-corrected chi connectivity index (χ4v) is 1.51. The number of aromatic nitrogens is 3. The van der Waals surface area contributed by atoms with Crippen molar-refractivity contribution in [2.45, 2.75) is 19.5 Å². The minimum absolute atomic E-state index is 0.0561. The van der Waals surface area contributed by atoms with Crippen molar-refractivity contribution in [3.63, 3.8) is 0 Å². The lowest BCUT2D eigenvalue weighted by atomic mass is 10.2. The second-order valence-electron chi connectivity index (χ2n) is 4.14. The van der Waals surface area contributed by atoms with E-state index in [1.54, 1.807) is 12.4 Å². The molecule has 6 heteroatoms. The summed E-state index contributed by atoms with van der Waals surface area (Å²) in [5.74, 6) is 0.592. The first-order chi connectivity index (χ1) is 8.70. The number of hydrogen-bond acceptors (Lipinski definition) is 6. The van der Waals surface area contributed by atoms with Crippen LogP contribution in [0.15, 0.2) is 28.9 Å². The van der Waals surface area contributed by atoms with Crippen molar-refractivity contribution in [2.24, 2.45) is 0 Å². The summed E-state index contributed by atoms with van der Waals surface area (Å²) >= 11 is 0. The zero-order valence-corrected chi connectivity index (χ0v) is 10.8. The summed E-state index contributed by atoms with van der Waals surface area (Å²) in [5, 5.41) is 11.1. The largest absolute Gasteiger partial charge is 0.406 e. The Labute approximate surface area is 106 Å².